The molecule has 1 aromatic rings. The summed E-state index contributed by atoms with van der Waals surface area (Å²) in [6.45, 7) is 8.78. The number of carbonyl (C=O) groups is 1. The molecule has 0 aromatic heterocycles. The number of benzene rings is 1. The largest absolute Gasteiger partial charge is 0.450 e. The van der Waals surface area contributed by atoms with Crippen LogP contribution >= 0.6 is 11.6 Å². The van der Waals surface area contributed by atoms with E-state index in [2.05, 4.69) is 31.4 Å². The maximum Gasteiger partial charge on any atom is 0.411 e. The highest BCUT2D eigenvalue weighted by Gasteiger charge is 2.14. The topological polar surface area (TPSA) is 50.4 Å². The van der Waals surface area contributed by atoms with Crippen LogP contribution in [-0.4, -0.2) is 24.8 Å². The Morgan fingerprint density at radius 1 is 1.38 bits per heavy atom. The van der Waals surface area contributed by atoms with Crippen LogP contribution in [0.3, 0.4) is 0 Å². The van der Waals surface area contributed by atoms with Gasteiger partial charge < -0.3 is 10.1 Å². The first-order valence-electron chi connectivity index (χ1n) is 6.89. The molecule has 0 saturated heterocycles. The van der Waals surface area contributed by atoms with Gasteiger partial charge in [-0.1, -0.05) is 11.6 Å². The minimum Gasteiger partial charge on any atom is -0.450 e. The van der Waals surface area contributed by atoms with Gasteiger partial charge in [-0.15, -0.1) is 0 Å². The first-order chi connectivity index (χ1) is 9.73. The van der Waals surface area contributed by atoms with Gasteiger partial charge in [-0.05, 0) is 58.4 Å². The van der Waals surface area contributed by atoms with Crippen molar-refractivity contribution in [2.75, 3.05) is 18.5 Å². The van der Waals surface area contributed by atoms with Crippen molar-refractivity contribution in [1.82, 2.24) is 5.32 Å². The van der Waals surface area contributed by atoms with Crippen LogP contribution in [0.5, 0.6) is 0 Å². The SMILES string of the molecule is CCOC(=O)Nc1c(F)cc(CCNC(C)(C)C)cc1Cl. The van der Waals surface area contributed by atoms with E-state index in [0.29, 0.717) is 13.0 Å². The second-order valence-electron chi connectivity index (χ2n) is 5.71. The number of amides is 1. The lowest BCUT2D eigenvalue weighted by Crippen LogP contribution is -2.37. The van der Waals surface area contributed by atoms with Crippen LogP contribution in [0.1, 0.15) is 33.3 Å². The number of halogens is 2. The van der Waals surface area contributed by atoms with E-state index in [0.717, 1.165) is 5.56 Å². The van der Waals surface area contributed by atoms with Gasteiger partial charge in [-0.2, -0.15) is 0 Å². The maximum absolute atomic E-state index is 14.0. The van der Waals surface area contributed by atoms with Gasteiger partial charge in [0.2, 0.25) is 0 Å². The smallest absolute Gasteiger partial charge is 0.411 e. The summed E-state index contributed by atoms with van der Waals surface area (Å²) in [7, 11) is 0. The van der Waals surface area contributed by atoms with Crippen molar-refractivity contribution in [2.45, 2.75) is 39.7 Å². The Balaban J connectivity index is 2.73. The van der Waals surface area contributed by atoms with Crippen molar-refractivity contribution >= 4 is 23.4 Å². The highest BCUT2D eigenvalue weighted by Crippen LogP contribution is 2.27. The van der Waals surface area contributed by atoms with Crippen molar-refractivity contribution in [1.29, 1.82) is 0 Å². The van der Waals surface area contributed by atoms with Crippen LogP contribution in [-0.2, 0) is 11.2 Å². The highest BCUT2D eigenvalue weighted by molar-refractivity contribution is 6.33. The fraction of sp³-hybridized carbons (Fsp3) is 0.533. The summed E-state index contributed by atoms with van der Waals surface area (Å²) in [4.78, 5) is 11.3. The predicted molar refractivity (Wildman–Crippen MR) is 83.5 cm³/mol. The minimum absolute atomic E-state index is 0.00768. The molecule has 118 valence electrons. The van der Waals surface area contributed by atoms with E-state index >= 15 is 0 Å². The molecule has 0 aliphatic rings. The van der Waals surface area contributed by atoms with E-state index in [1.165, 1.54) is 6.07 Å². The molecule has 1 amide bonds. The van der Waals surface area contributed by atoms with E-state index in [4.69, 9.17) is 16.3 Å². The third-order valence-corrected chi connectivity index (χ3v) is 2.97. The monoisotopic (exact) mass is 316 g/mol. The second-order valence-corrected chi connectivity index (χ2v) is 6.11. The average Bonchev–Trinajstić information content (AvgIpc) is 2.32. The van der Waals surface area contributed by atoms with E-state index in [9.17, 15) is 9.18 Å². The number of ether oxygens (including phenoxy) is 1. The lowest BCUT2D eigenvalue weighted by Gasteiger charge is -2.20. The quantitative estimate of drug-likeness (QED) is 0.864. The molecule has 6 heteroatoms. The molecule has 0 heterocycles. The van der Waals surface area contributed by atoms with Crippen molar-refractivity contribution in [3.8, 4) is 0 Å². The van der Waals surface area contributed by atoms with Gasteiger partial charge in [0, 0.05) is 5.54 Å². The van der Waals surface area contributed by atoms with E-state index in [1.807, 2.05) is 0 Å². The molecule has 2 N–H and O–H groups in total. The number of anilines is 1. The third kappa shape index (κ3) is 6.31. The fourth-order valence-electron chi connectivity index (χ4n) is 1.74. The highest BCUT2D eigenvalue weighted by atomic mass is 35.5. The van der Waals surface area contributed by atoms with Crippen LogP contribution in [0.2, 0.25) is 5.02 Å². The molecule has 0 aliphatic heterocycles. The standard InChI is InChI=1S/C15H22ClFN2O2/c1-5-21-14(20)19-13-11(16)8-10(9-12(13)17)6-7-18-15(2,3)4/h8-9,18H,5-7H2,1-4H3,(H,19,20). The Morgan fingerprint density at radius 3 is 2.57 bits per heavy atom. The van der Waals surface area contributed by atoms with Crippen molar-refractivity contribution < 1.29 is 13.9 Å². The lowest BCUT2D eigenvalue weighted by molar-refractivity contribution is 0.168. The van der Waals surface area contributed by atoms with Crippen LogP contribution in [0.25, 0.3) is 0 Å². The molecule has 4 nitrogen and oxygen atoms in total. The lowest BCUT2D eigenvalue weighted by atomic mass is 10.1. The molecule has 0 saturated carbocycles. The zero-order chi connectivity index (χ0) is 16.0. The molecule has 0 spiro atoms. The number of hydrogen-bond acceptors (Lipinski definition) is 3. The summed E-state index contributed by atoms with van der Waals surface area (Å²) in [6, 6.07) is 3.02. The summed E-state index contributed by atoms with van der Waals surface area (Å²) in [6.07, 6.45) is -0.0754. The first kappa shape index (κ1) is 17.7. The van der Waals surface area contributed by atoms with Gasteiger partial charge in [-0.25, -0.2) is 9.18 Å². The van der Waals surface area contributed by atoms with Crippen LogP contribution in [0.4, 0.5) is 14.9 Å². The molecule has 21 heavy (non-hydrogen) atoms. The average molecular weight is 317 g/mol. The fourth-order valence-corrected chi connectivity index (χ4v) is 2.02. The van der Waals surface area contributed by atoms with Crippen molar-refractivity contribution in [2.24, 2.45) is 0 Å². The number of nitrogens with one attached hydrogen (secondary N) is 2. The molecule has 1 rings (SSSR count). The van der Waals surface area contributed by atoms with Crippen LogP contribution in [0.15, 0.2) is 12.1 Å². The minimum atomic E-state index is -0.722. The van der Waals surface area contributed by atoms with E-state index in [1.54, 1.807) is 13.0 Å². The summed E-state index contributed by atoms with van der Waals surface area (Å²) in [5.74, 6) is -0.568. The van der Waals surface area contributed by atoms with Crippen molar-refractivity contribution in [3.05, 3.63) is 28.5 Å². The normalized spacial score (nSPS) is 11.3. The molecule has 0 bridgehead atoms. The zero-order valence-electron chi connectivity index (χ0n) is 12.8. The number of hydrogen-bond donors (Lipinski definition) is 2. The van der Waals surface area contributed by atoms with Gasteiger partial charge in [0.25, 0.3) is 0 Å². The van der Waals surface area contributed by atoms with Crippen LogP contribution < -0.4 is 10.6 Å². The molecule has 0 atom stereocenters. The van der Waals surface area contributed by atoms with Gasteiger partial charge in [0.1, 0.15) is 5.82 Å². The molecule has 0 radical (unpaired) electrons. The Hall–Kier alpha value is -1.33. The molecule has 0 fully saturated rings. The molecular weight excluding hydrogens is 295 g/mol. The summed E-state index contributed by atoms with van der Waals surface area (Å²) in [5.41, 5.74) is 0.722. The molecule has 1 aromatic carbocycles. The van der Waals surface area contributed by atoms with Crippen LogP contribution in [0, 0.1) is 5.82 Å². The van der Waals surface area contributed by atoms with Gasteiger partial charge >= 0.3 is 6.09 Å². The number of rotatable bonds is 5. The van der Waals surface area contributed by atoms with Gasteiger partial charge in [0.15, 0.2) is 0 Å². The van der Waals surface area contributed by atoms with Gasteiger partial charge in [0.05, 0.1) is 17.3 Å². The van der Waals surface area contributed by atoms with E-state index < -0.39 is 11.9 Å². The first-order valence-corrected chi connectivity index (χ1v) is 7.27. The summed E-state index contributed by atoms with van der Waals surface area (Å²) >= 11 is 6.02. The van der Waals surface area contributed by atoms with E-state index in [-0.39, 0.29) is 22.9 Å². The zero-order valence-corrected chi connectivity index (χ0v) is 13.6. The third-order valence-electron chi connectivity index (χ3n) is 2.67. The molecular formula is C15H22ClFN2O2. The Bertz CT molecular complexity index is 478. The van der Waals surface area contributed by atoms with Gasteiger partial charge in [-0.3, -0.25) is 5.32 Å². The predicted octanol–water partition coefficient (Wildman–Crippen LogP) is 3.98. The molecule has 0 unspecified atom stereocenters. The Morgan fingerprint density at radius 2 is 2.05 bits per heavy atom. The molecule has 0 aliphatic carbocycles. The van der Waals surface area contributed by atoms with Crippen molar-refractivity contribution in [3.63, 3.8) is 0 Å². The number of carbonyl (C=O) groups excluding carboxylic acids is 1. The Labute approximate surface area is 130 Å². The Kier molecular flexibility index (Phi) is 6.42. The summed E-state index contributed by atoms with van der Waals surface area (Å²) < 4.78 is 18.7. The summed E-state index contributed by atoms with van der Waals surface area (Å²) in [5, 5.41) is 5.78. The maximum atomic E-state index is 14.0. The second kappa shape index (κ2) is 7.61.